The topological polar surface area (TPSA) is 101 Å². The first kappa shape index (κ1) is 21.5. The first-order chi connectivity index (χ1) is 13.0. The number of anilines is 1. The molecule has 10 heteroatoms. The number of unbranched alkanes of at least 4 members (excludes halogenated alkanes) is 1. The number of carbonyl (C=O) groups is 2. The lowest BCUT2D eigenvalue weighted by atomic mass is 10.2. The zero-order chi connectivity index (χ0) is 19.6. The number of nitrogens with zero attached hydrogens (tertiary/aromatic N) is 4. The molecule has 1 aliphatic heterocycles. The van der Waals surface area contributed by atoms with Gasteiger partial charge in [-0.3, -0.25) is 14.7 Å². The number of rotatable bonds is 9. The smallest absolute Gasteiger partial charge is 0.321 e. The molecule has 1 aliphatic rings. The van der Waals surface area contributed by atoms with Gasteiger partial charge in [0.25, 0.3) is 0 Å². The summed E-state index contributed by atoms with van der Waals surface area (Å²) in [5, 5.41) is 14.3. The summed E-state index contributed by atoms with van der Waals surface area (Å²) in [4.78, 5) is 25.8. The highest BCUT2D eigenvalue weighted by Crippen LogP contribution is 2.24. The summed E-state index contributed by atoms with van der Waals surface area (Å²) in [6.07, 6.45) is 1.88. The SMILES string of the molecule is CCCCNC(=O)NC(=O)CSc1nnc(N2CCOCC2)n1CC(C)C. The van der Waals surface area contributed by atoms with E-state index in [9.17, 15) is 9.59 Å². The zero-order valence-corrected chi connectivity index (χ0v) is 17.2. The zero-order valence-electron chi connectivity index (χ0n) is 16.4. The van der Waals surface area contributed by atoms with Gasteiger partial charge in [0.2, 0.25) is 11.9 Å². The molecule has 152 valence electrons. The molecule has 9 nitrogen and oxygen atoms in total. The van der Waals surface area contributed by atoms with Crippen LogP contribution in [0.25, 0.3) is 0 Å². The lowest BCUT2D eigenvalue weighted by Gasteiger charge is -2.28. The van der Waals surface area contributed by atoms with E-state index in [-0.39, 0.29) is 11.7 Å². The molecule has 0 saturated carbocycles. The number of carbonyl (C=O) groups excluding carboxylic acids is 2. The number of morpholine rings is 1. The van der Waals surface area contributed by atoms with E-state index < -0.39 is 6.03 Å². The minimum Gasteiger partial charge on any atom is -0.378 e. The van der Waals surface area contributed by atoms with Crippen LogP contribution in [0.4, 0.5) is 10.7 Å². The third-order valence-electron chi connectivity index (χ3n) is 3.94. The fourth-order valence-corrected chi connectivity index (χ4v) is 3.37. The van der Waals surface area contributed by atoms with Gasteiger partial charge < -0.3 is 15.0 Å². The van der Waals surface area contributed by atoms with Crippen LogP contribution in [0.3, 0.4) is 0 Å². The second kappa shape index (κ2) is 11.1. The molecule has 1 saturated heterocycles. The highest BCUT2D eigenvalue weighted by molar-refractivity contribution is 7.99. The van der Waals surface area contributed by atoms with Crippen LogP contribution in [0.1, 0.15) is 33.6 Å². The van der Waals surface area contributed by atoms with Gasteiger partial charge in [0.05, 0.1) is 19.0 Å². The number of nitrogens with one attached hydrogen (secondary N) is 2. The van der Waals surface area contributed by atoms with Crippen molar-refractivity contribution in [3.63, 3.8) is 0 Å². The van der Waals surface area contributed by atoms with Gasteiger partial charge >= 0.3 is 6.03 Å². The average Bonchev–Trinajstić information content (AvgIpc) is 3.03. The highest BCUT2D eigenvalue weighted by Gasteiger charge is 2.21. The summed E-state index contributed by atoms with van der Waals surface area (Å²) in [6.45, 7) is 10.5. The summed E-state index contributed by atoms with van der Waals surface area (Å²) < 4.78 is 7.46. The number of hydrogen-bond acceptors (Lipinski definition) is 7. The van der Waals surface area contributed by atoms with Gasteiger partial charge in [0.1, 0.15) is 0 Å². The van der Waals surface area contributed by atoms with Crippen LogP contribution < -0.4 is 15.5 Å². The normalized spacial score (nSPS) is 14.4. The van der Waals surface area contributed by atoms with Crippen LogP contribution in [0.2, 0.25) is 0 Å². The first-order valence-electron chi connectivity index (χ1n) is 9.47. The summed E-state index contributed by atoms with van der Waals surface area (Å²) in [5.74, 6) is 0.993. The minimum atomic E-state index is -0.452. The Kier molecular flexibility index (Phi) is 8.86. The summed E-state index contributed by atoms with van der Waals surface area (Å²) in [6, 6.07) is -0.452. The van der Waals surface area contributed by atoms with Gasteiger partial charge in [-0.25, -0.2) is 4.79 Å². The Morgan fingerprint density at radius 3 is 2.67 bits per heavy atom. The van der Waals surface area contributed by atoms with Crippen molar-refractivity contribution < 1.29 is 14.3 Å². The van der Waals surface area contributed by atoms with Crippen molar-refractivity contribution in [3.8, 4) is 0 Å². The van der Waals surface area contributed by atoms with Crippen LogP contribution in [0.15, 0.2) is 5.16 Å². The van der Waals surface area contributed by atoms with Gasteiger partial charge in [-0.05, 0) is 12.3 Å². The molecule has 0 bridgehead atoms. The van der Waals surface area contributed by atoms with Gasteiger partial charge in [0.15, 0.2) is 5.16 Å². The van der Waals surface area contributed by atoms with Crippen molar-refractivity contribution >= 4 is 29.6 Å². The van der Waals surface area contributed by atoms with Crippen molar-refractivity contribution in [3.05, 3.63) is 0 Å². The molecule has 3 amide bonds. The standard InChI is InChI=1S/C17H30N6O3S/c1-4-5-6-18-15(25)19-14(24)12-27-17-21-20-16(23(17)11-13(2)3)22-7-9-26-10-8-22/h13H,4-12H2,1-3H3,(H2,18,19,24,25). The number of hydrogen-bond donors (Lipinski definition) is 2. The van der Waals surface area contributed by atoms with E-state index in [1.807, 2.05) is 6.92 Å². The van der Waals surface area contributed by atoms with Crippen LogP contribution in [-0.4, -0.2) is 65.3 Å². The predicted octanol–water partition coefficient (Wildman–Crippen LogP) is 1.49. The van der Waals surface area contributed by atoms with E-state index >= 15 is 0 Å². The molecule has 2 N–H and O–H groups in total. The maximum atomic E-state index is 12.0. The second-order valence-corrected chi connectivity index (χ2v) is 7.78. The number of ether oxygens (including phenoxy) is 1. The molecule has 0 unspecified atom stereocenters. The average molecular weight is 399 g/mol. The summed E-state index contributed by atoms with van der Waals surface area (Å²) in [5.41, 5.74) is 0. The Morgan fingerprint density at radius 2 is 2.00 bits per heavy atom. The lowest BCUT2D eigenvalue weighted by Crippen LogP contribution is -2.40. The van der Waals surface area contributed by atoms with E-state index in [0.717, 1.165) is 38.4 Å². The molecule has 2 heterocycles. The van der Waals surface area contributed by atoms with E-state index in [4.69, 9.17) is 4.74 Å². The fourth-order valence-electron chi connectivity index (χ4n) is 2.63. The monoisotopic (exact) mass is 398 g/mol. The minimum absolute atomic E-state index is 0.112. The Hall–Kier alpha value is -1.81. The molecular weight excluding hydrogens is 368 g/mol. The van der Waals surface area contributed by atoms with Crippen molar-refractivity contribution in [1.82, 2.24) is 25.4 Å². The second-order valence-electron chi connectivity index (χ2n) is 6.83. The Bertz CT molecular complexity index is 616. The van der Waals surface area contributed by atoms with E-state index in [1.165, 1.54) is 11.8 Å². The van der Waals surface area contributed by atoms with Gasteiger partial charge in [-0.1, -0.05) is 39.0 Å². The fraction of sp³-hybridized carbons (Fsp3) is 0.765. The molecule has 27 heavy (non-hydrogen) atoms. The van der Waals surface area contributed by atoms with Crippen molar-refractivity contribution in [2.75, 3.05) is 43.5 Å². The Labute approximate surface area is 164 Å². The summed E-state index contributed by atoms with van der Waals surface area (Å²) in [7, 11) is 0. The Balaban J connectivity index is 1.93. The van der Waals surface area contributed by atoms with Crippen molar-refractivity contribution in [2.45, 2.75) is 45.3 Å². The van der Waals surface area contributed by atoms with E-state index in [0.29, 0.717) is 30.8 Å². The largest absolute Gasteiger partial charge is 0.378 e. The molecule has 0 aromatic carbocycles. The van der Waals surface area contributed by atoms with E-state index in [1.54, 1.807) is 0 Å². The molecule has 0 spiro atoms. The van der Waals surface area contributed by atoms with Crippen LogP contribution in [-0.2, 0) is 16.1 Å². The highest BCUT2D eigenvalue weighted by atomic mass is 32.2. The predicted molar refractivity (Wildman–Crippen MR) is 105 cm³/mol. The molecule has 1 fully saturated rings. The molecule has 1 aromatic heterocycles. The third kappa shape index (κ3) is 7.02. The van der Waals surface area contributed by atoms with Gasteiger partial charge in [0, 0.05) is 26.2 Å². The maximum absolute atomic E-state index is 12.0. The van der Waals surface area contributed by atoms with Crippen LogP contribution in [0, 0.1) is 5.92 Å². The number of amides is 3. The number of urea groups is 1. The number of imide groups is 1. The number of aromatic nitrogens is 3. The van der Waals surface area contributed by atoms with E-state index in [2.05, 4.69) is 44.1 Å². The molecule has 1 aromatic rings. The lowest BCUT2D eigenvalue weighted by molar-refractivity contribution is -0.117. The van der Waals surface area contributed by atoms with Gasteiger partial charge in [-0.2, -0.15) is 0 Å². The van der Waals surface area contributed by atoms with Crippen LogP contribution in [0.5, 0.6) is 0 Å². The first-order valence-corrected chi connectivity index (χ1v) is 10.5. The van der Waals surface area contributed by atoms with Crippen LogP contribution >= 0.6 is 11.8 Å². The molecule has 0 aliphatic carbocycles. The molecule has 2 rings (SSSR count). The van der Waals surface area contributed by atoms with Gasteiger partial charge in [-0.15, -0.1) is 10.2 Å². The summed E-state index contributed by atoms with van der Waals surface area (Å²) >= 11 is 1.29. The Morgan fingerprint density at radius 1 is 1.26 bits per heavy atom. The molecule has 0 atom stereocenters. The van der Waals surface area contributed by atoms with Crippen molar-refractivity contribution in [1.29, 1.82) is 0 Å². The van der Waals surface area contributed by atoms with Crippen molar-refractivity contribution in [2.24, 2.45) is 5.92 Å². The third-order valence-corrected chi connectivity index (χ3v) is 4.91. The maximum Gasteiger partial charge on any atom is 0.321 e. The quantitative estimate of drug-likeness (QED) is 0.480. The molecule has 0 radical (unpaired) electrons. The molecular formula is C17H30N6O3S. The number of thioether (sulfide) groups is 1.